The van der Waals surface area contributed by atoms with Crippen LogP contribution in [0.15, 0.2) is 0 Å². The monoisotopic (exact) mass is 631 g/mol. The zero-order valence-corrected chi connectivity index (χ0v) is 29.9. The summed E-state index contributed by atoms with van der Waals surface area (Å²) in [6, 6.07) is 0. The molecule has 45 heavy (non-hydrogen) atoms. The number of nitrogens with zero attached hydrogens (tertiary/aromatic N) is 1. The van der Waals surface area contributed by atoms with Crippen molar-refractivity contribution in [3.05, 3.63) is 0 Å². The Hall–Kier alpha value is -0.280. The van der Waals surface area contributed by atoms with E-state index < -0.39 is 17.8 Å². The van der Waals surface area contributed by atoms with Gasteiger partial charge in [0.05, 0.1) is 36.6 Å². The van der Waals surface area contributed by atoms with E-state index in [9.17, 15) is 10.2 Å². The Morgan fingerprint density at radius 2 is 1.71 bits per heavy atom. The molecule has 0 aromatic carbocycles. The fraction of sp³-hybridized carbons (Fsp3) is 1.00. The molecule has 2 spiro atoms. The quantitative estimate of drug-likeness (QED) is 0.355. The van der Waals surface area contributed by atoms with Gasteiger partial charge in [0.2, 0.25) is 0 Å². The maximum atomic E-state index is 12.6. The molecule has 0 unspecified atom stereocenters. The lowest BCUT2D eigenvalue weighted by atomic mass is 9.41. The fourth-order valence-electron chi connectivity index (χ4n) is 13.9. The molecule has 0 aromatic heterocycles. The van der Waals surface area contributed by atoms with E-state index >= 15 is 0 Å². The fourth-order valence-corrected chi connectivity index (χ4v) is 13.9. The van der Waals surface area contributed by atoms with Crippen molar-refractivity contribution >= 4 is 0 Å². The normalized spacial score (nSPS) is 53.0. The number of likely N-dealkylation sites (N-methyl/N-ethyl adjacent to an activating group) is 1. The molecular formula is C38H65NO6. The summed E-state index contributed by atoms with van der Waals surface area (Å²) in [4.78, 5) is 2.45. The Morgan fingerprint density at radius 1 is 1.00 bits per heavy atom. The Labute approximate surface area is 273 Å². The van der Waals surface area contributed by atoms with E-state index in [2.05, 4.69) is 46.4 Å². The zero-order valence-electron chi connectivity index (χ0n) is 29.9. The lowest BCUT2D eigenvalue weighted by molar-refractivity contribution is -0.248. The van der Waals surface area contributed by atoms with Crippen LogP contribution in [0.2, 0.25) is 0 Å². The van der Waals surface area contributed by atoms with Crippen molar-refractivity contribution in [2.24, 2.45) is 50.7 Å². The van der Waals surface area contributed by atoms with Crippen LogP contribution in [0, 0.1) is 50.7 Å². The zero-order chi connectivity index (χ0) is 32.4. The largest absolute Gasteiger partial charge is 0.390 e. The second-order valence-corrected chi connectivity index (χ2v) is 18.4. The molecule has 0 bridgehead atoms. The summed E-state index contributed by atoms with van der Waals surface area (Å²) >= 11 is 0. The molecule has 0 aromatic rings. The van der Waals surface area contributed by atoms with E-state index in [1.807, 2.05) is 20.8 Å². The number of hydrogen-bond donors (Lipinski definition) is 2. The molecule has 258 valence electrons. The summed E-state index contributed by atoms with van der Waals surface area (Å²) < 4.78 is 26.1. The second-order valence-electron chi connectivity index (χ2n) is 18.4. The van der Waals surface area contributed by atoms with Gasteiger partial charge in [-0.1, -0.05) is 41.5 Å². The van der Waals surface area contributed by atoms with Gasteiger partial charge in [0.1, 0.15) is 6.10 Å². The number of ether oxygens (including phenoxy) is 4. The molecular weight excluding hydrogens is 566 g/mol. The van der Waals surface area contributed by atoms with Gasteiger partial charge in [-0.15, -0.1) is 0 Å². The lowest BCUT2D eigenvalue weighted by Gasteiger charge is -2.64. The van der Waals surface area contributed by atoms with Gasteiger partial charge in [-0.2, -0.15) is 0 Å². The van der Waals surface area contributed by atoms with Crippen molar-refractivity contribution in [1.29, 1.82) is 0 Å². The molecule has 5 saturated carbocycles. The third-order valence-electron chi connectivity index (χ3n) is 16.0. The Bertz CT molecular complexity index is 1120. The Kier molecular flexibility index (Phi) is 8.02. The number of aliphatic hydroxyl groups is 2. The molecule has 7 nitrogen and oxygen atoms in total. The van der Waals surface area contributed by atoms with Crippen molar-refractivity contribution < 1.29 is 29.2 Å². The van der Waals surface area contributed by atoms with Crippen LogP contribution in [0.1, 0.15) is 114 Å². The average molecular weight is 632 g/mol. The van der Waals surface area contributed by atoms with E-state index in [1.165, 1.54) is 38.5 Å². The summed E-state index contributed by atoms with van der Waals surface area (Å²) in [5, 5.41) is 23.6. The lowest BCUT2D eigenvalue weighted by Crippen LogP contribution is -2.60. The van der Waals surface area contributed by atoms with Crippen molar-refractivity contribution in [2.75, 3.05) is 32.8 Å². The van der Waals surface area contributed by atoms with E-state index in [1.54, 1.807) is 0 Å². The standard InChI is InChI=1S/C38H65NO6/c1-10-39-18-19-43-28(21-39)45-27-14-15-37-22-38(37)17-16-35(8)29-23(3)20-24(32(42-11-2)34(6,7)41)44-30(29)31(40)36(35,9)26(38)13-12-25(37)33(27,4)5/h23-32,40-41H,10-22H2,1-9H3/t23-,24-,25+,26+,27+,28+,29+,30+,31+,32+,35-,36-,37-,38+/m1/s1. The van der Waals surface area contributed by atoms with E-state index in [-0.39, 0.29) is 40.8 Å². The van der Waals surface area contributed by atoms with Gasteiger partial charge in [-0.05, 0) is 124 Å². The number of rotatable bonds is 7. The van der Waals surface area contributed by atoms with Crippen LogP contribution in [-0.4, -0.2) is 90.4 Å². The highest BCUT2D eigenvalue weighted by atomic mass is 16.7. The minimum atomic E-state index is -1.01. The van der Waals surface area contributed by atoms with Crippen LogP contribution in [0.25, 0.3) is 0 Å². The van der Waals surface area contributed by atoms with Gasteiger partial charge in [0.15, 0.2) is 6.29 Å². The number of fused-ring (bicyclic) bond motifs is 4. The van der Waals surface area contributed by atoms with Gasteiger partial charge >= 0.3 is 0 Å². The van der Waals surface area contributed by atoms with Crippen LogP contribution in [0.3, 0.4) is 0 Å². The van der Waals surface area contributed by atoms with Gasteiger partial charge in [-0.25, -0.2) is 0 Å². The van der Waals surface area contributed by atoms with Gasteiger partial charge < -0.3 is 29.2 Å². The minimum absolute atomic E-state index is 0.0309. The van der Waals surface area contributed by atoms with Crippen molar-refractivity contribution in [1.82, 2.24) is 4.90 Å². The van der Waals surface area contributed by atoms with Crippen LogP contribution in [0.4, 0.5) is 0 Å². The predicted octanol–water partition coefficient (Wildman–Crippen LogP) is 6.04. The first-order chi connectivity index (χ1) is 21.1. The minimum Gasteiger partial charge on any atom is -0.390 e. The maximum absolute atomic E-state index is 12.6. The molecule has 2 aliphatic heterocycles. The number of aliphatic hydroxyl groups excluding tert-OH is 1. The SMILES string of the molecule is CCO[C@@H]([C@H]1C[C@@H](C)[C@H]2[C@H](O1)[C@H](O)[C@@]1(C)[C@@H]3CC[C@H]4C(C)(C)[C@@H](O[C@H]5CN(CC)CCO5)CC[C@@]45C[C@@]35CC[C@]21C)C(C)(C)O. The second kappa shape index (κ2) is 10.9. The summed E-state index contributed by atoms with van der Waals surface area (Å²) in [5.74, 6) is 1.88. The highest BCUT2D eigenvalue weighted by Gasteiger charge is 2.84. The summed E-state index contributed by atoms with van der Waals surface area (Å²) in [6.07, 6.45) is 8.23. The molecule has 0 radical (unpaired) electrons. The molecule has 0 amide bonds. The van der Waals surface area contributed by atoms with E-state index in [0.29, 0.717) is 41.1 Å². The molecule has 7 aliphatic rings. The van der Waals surface area contributed by atoms with Gasteiger partial charge in [0, 0.05) is 25.1 Å². The number of morpholine rings is 1. The molecule has 7 rings (SSSR count). The van der Waals surface area contributed by atoms with Gasteiger partial charge in [-0.3, -0.25) is 4.90 Å². The van der Waals surface area contributed by atoms with Gasteiger partial charge in [0.25, 0.3) is 0 Å². The summed E-state index contributed by atoms with van der Waals surface area (Å²) in [6.45, 7) is 24.5. The molecule has 5 aliphatic carbocycles. The predicted molar refractivity (Wildman–Crippen MR) is 175 cm³/mol. The first-order valence-corrected chi connectivity index (χ1v) is 18.8. The molecule has 2 N–H and O–H groups in total. The molecule has 14 atom stereocenters. The topological polar surface area (TPSA) is 80.6 Å². The smallest absolute Gasteiger partial charge is 0.170 e. The third kappa shape index (κ3) is 4.45. The third-order valence-corrected chi connectivity index (χ3v) is 16.0. The summed E-state index contributed by atoms with van der Waals surface area (Å²) in [5.41, 5.74) is -0.367. The van der Waals surface area contributed by atoms with E-state index in [4.69, 9.17) is 18.9 Å². The number of hydrogen-bond acceptors (Lipinski definition) is 7. The Balaban J connectivity index is 1.14. The molecule has 7 fully saturated rings. The summed E-state index contributed by atoms with van der Waals surface area (Å²) in [7, 11) is 0. The first-order valence-electron chi connectivity index (χ1n) is 18.8. The highest BCUT2D eigenvalue weighted by Crippen LogP contribution is 2.89. The first kappa shape index (κ1) is 33.2. The van der Waals surface area contributed by atoms with Crippen LogP contribution in [0.5, 0.6) is 0 Å². The Morgan fingerprint density at radius 3 is 2.40 bits per heavy atom. The van der Waals surface area contributed by atoms with E-state index in [0.717, 1.165) is 39.1 Å². The highest BCUT2D eigenvalue weighted by molar-refractivity contribution is 5.33. The van der Waals surface area contributed by atoms with Crippen LogP contribution >= 0.6 is 0 Å². The molecule has 2 heterocycles. The van der Waals surface area contributed by atoms with Crippen LogP contribution < -0.4 is 0 Å². The molecule has 7 heteroatoms. The average Bonchev–Trinajstić information content (AvgIpc) is 3.61. The van der Waals surface area contributed by atoms with Crippen LogP contribution in [-0.2, 0) is 18.9 Å². The van der Waals surface area contributed by atoms with Crippen molar-refractivity contribution in [3.63, 3.8) is 0 Å². The van der Waals surface area contributed by atoms with Crippen molar-refractivity contribution in [3.8, 4) is 0 Å². The molecule has 2 saturated heterocycles. The van der Waals surface area contributed by atoms with Crippen molar-refractivity contribution in [2.45, 2.75) is 156 Å². The maximum Gasteiger partial charge on any atom is 0.170 e.